The molecule has 1 rings (SSSR count). The van der Waals surface area contributed by atoms with Crippen molar-refractivity contribution in [3.8, 4) is 0 Å². The normalized spacial score (nSPS) is 11.5. The molecule has 0 aromatic heterocycles. The maximum absolute atomic E-state index is 13.3. The summed E-state index contributed by atoms with van der Waals surface area (Å²) in [6.07, 6.45) is 0.457. The Morgan fingerprint density at radius 3 is 2.71 bits per heavy atom. The van der Waals surface area contributed by atoms with Gasteiger partial charge in [0.05, 0.1) is 11.4 Å². The zero-order valence-corrected chi connectivity index (χ0v) is 11.1. The lowest BCUT2D eigenvalue weighted by atomic mass is 10.3. The molecule has 0 bridgehead atoms. The van der Waals surface area contributed by atoms with Gasteiger partial charge in [0.15, 0.2) is 0 Å². The Morgan fingerprint density at radius 2 is 2.12 bits per heavy atom. The molecule has 0 aliphatic carbocycles. The van der Waals surface area contributed by atoms with Crippen LogP contribution in [-0.4, -0.2) is 26.5 Å². The van der Waals surface area contributed by atoms with Crippen molar-refractivity contribution in [2.24, 2.45) is 0 Å². The van der Waals surface area contributed by atoms with Crippen molar-refractivity contribution in [2.45, 2.75) is 13.3 Å². The molecule has 0 heterocycles. The lowest BCUT2D eigenvalue weighted by molar-refractivity contribution is 0.595. The Morgan fingerprint density at radius 1 is 1.41 bits per heavy atom. The van der Waals surface area contributed by atoms with Crippen molar-refractivity contribution in [1.29, 1.82) is 0 Å². The summed E-state index contributed by atoms with van der Waals surface area (Å²) < 4.78 is 35.7. The second-order valence-electron chi connectivity index (χ2n) is 3.64. The third-order valence-electron chi connectivity index (χ3n) is 2.32. The fourth-order valence-corrected chi connectivity index (χ4v) is 2.32. The van der Waals surface area contributed by atoms with Crippen molar-refractivity contribution in [2.75, 3.05) is 23.4 Å². The van der Waals surface area contributed by atoms with E-state index in [-0.39, 0.29) is 11.5 Å². The minimum atomic E-state index is -2.95. The van der Waals surface area contributed by atoms with E-state index in [1.165, 1.54) is 12.1 Å². The molecule has 0 amide bonds. The van der Waals surface area contributed by atoms with Crippen LogP contribution in [0.1, 0.15) is 13.3 Å². The molecule has 1 N–H and O–H groups in total. The van der Waals surface area contributed by atoms with Gasteiger partial charge in [0.2, 0.25) is 0 Å². The Kier molecular flexibility index (Phi) is 5.21. The molecule has 0 fully saturated rings. The molecule has 0 saturated carbocycles. The predicted octanol–water partition coefficient (Wildman–Crippen LogP) is 2.72. The standard InChI is InChI=1S/C11H15ClFNO2S/c1-2-17(15,16)7-3-6-14-11-5-4-9(12)8-10(11)13/h4-5,8,14H,2-3,6-7H2,1H3. The van der Waals surface area contributed by atoms with Crippen molar-refractivity contribution >= 4 is 27.1 Å². The Bertz CT molecular complexity index is 476. The van der Waals surface area contributed by atoms with Gasteiger partial charge in [0.25, 0.3) is 0 Å². The summed E-state index contributed by atoms with van der Waals surface area (Å²) in [7, 11) is -2.95. The van der Waals surface area contributed by atoms with E-state index in [4.69, 9.17) is 11.6 Å². The Hall–Kier alpha value is -0.810. The molecule has 0 radical (unpaired) electrons. The van der Waals surface area contributed by atoms with E-state index in [2.05, 4.69) is 5.32 Å². The maximum Gasteiger partial charge on any atom is 0.150 e. The van der Waals surface area contributed by atoms with Crippen LogP contribution in [-0.2, 0) is 9.84 Å². The summed E-state index contributed by atoms with van der Waals surface area (Å²) in [6.45, 7) is 2.03. The van der Waals surface area contributed by atoms with Crippen molar-refractivity contribution in [1.82, 2.24) is 0 Å². The molecule has 0 aliphatic rings. The van der Waals surface area contributed by atoms with E-state index < -0.39 is 15.7 Å². The molecule has 0 aliphatic heterocycles. The highest BCUT2D eigenvalue weighted by Crippen LogP contribution is 2.18. The van der Waals surface area contributed by atoms with Crippen LogP contribution in [0.2, 0.25) is 5.02 Å². The molecule has 6 heteroatoms. The van der Waals surface area contributed by atoms with Gasteiger partial charge in [-0.1, -0.05) is 18.5 Å². The molecule has 1 aromatic carbocycles. The van der Waals surface area contributed by atoms with E-state index in [0.29, 0.717) is 23.7 Å². The third-order valence-corrected chi connectivity index (χ3v) is 4.34. The zero-order valence-electron chi connectivity index (χ0n) is 9.54. The molecule has 0 saturated heterocycles. The minimum absolute atomic E-state index is 0.117. The Balaban J connectivity index is 2.41. The molecule has 1 aromatic rings. The van der Waals surface area contributed by atoms with Crippen molar-refractivity contribution in [3.63, 3.8) is 0 Å². The van der Waals surface area contributed by atoms with Crippen LogP contribution in [0.25, 0.3) is 0 Å². The summed E-state index contributed by atoms with van der Waals surface area (Å²) in [5.74, 6) is -0.176. The van der Waals surface area contributed by atoms with E-state index in [0.717, 1.165) is 0 Å². The highest BCUT2D eigenvalue weighted by Gasteiger charge is 2.07. The zero-order chi connectivity index (χ0) is 12.9. The number of anilines is 1. The smallest absolute Gasteiger partial charge is 0.150 e. The van der Waals surface area contributed by atoms with Crippen LogP contribution in [0.15, 0.2) is 18.2 Å². The van der Waals surface area contributed by atoms with Gasteiger partial charge in [0, 0.05) is 17.3 Å². The second-order valence-corrected chi connectivity index (χ2v) is 6.55. The van der Waals surface area contributed by atoms with Gasteiger partial charge in [-0.15, -0.1) is 0 Å². The van der Waals surface area contributed by atoms with E-state index in [1.807, 2.05) is 0 Å². The molecule has 3 nitrogen and oxygen atoms in total. The fourth-order valence-electron chi connectivity index (χ4n) is 1.29. The first kappa shape index (κ1) is 14.3. The second kappa shape index (κ2) is 6.21. The van der Waals surface area contributed by atoms with E-state index in [1.54, 1.807) is 13.0 Å². The first-order valence-electron chi connectivity index (χ1n) is 5.34. The van der Waals surface area contributed by atoms with Crippen molar-refractivity contribution in [3.05, 3.63) is 29.0 Å². The number of sulfone groups is 1. The van der Waals surface area contributed by atoms with Crippen LogP contribution in [0, 0.1) is 5.82 Å². The van der Waals surface area contributed by atoms with Crippen LogP contribution in [0.3, 0.4) is 0 Å². The van der Waals surface area contributed by atoms with Gasteiger partial charge in [0.1, 0.15) is 15.7 Å². The third kappa shape index (κ3) is 4.91. The number of hydrogen-bond acceptors (Lipinski definition) is 3. The summed E-state index contributed by atoms with van der Waals surface area (Å²) in [4.78, 5) is 0. The maximum atomic E-state index is 13.3. The van der Waals surface area contributed by atoms with E-state index >= 15 is 0 Å². The quantitative estimate of drug-likeness (QED) is 0.815. The number of rotatable bonds is 6. The number of halogens is 2. The molecular weight excluding hydrogens is 265 g/mol. The lowest BCUT2D eigenvalue weighted by Gasteiger charge is -2.07. The van der Waals surface area contributed by atoms with Gasteiger partial charge < -0.3 is 5.32 Å². The summed E-state index contributed by atoms with van der Waals surface area (Å²) in [5, 5.41) is 3.17. The lowest BCUT2D eigenvalue weighted by Crippen LogP contribution is -2.13. The number of benzene rings is 1. The van der Waals surface area contributed by atoms with Gasteiger partial charge in [-0.2, -0.15) is 0 Å². The topological polar surface area (TPSA) is 46.2 Å². The van der Waals surface area contributed by atoms with Crippen molar-refractivity contribution < 1.29 is 12.8 Å². The van der Waals surface area contributed by atoms with Gasteiger partial charge >= 0.3 is 0 Å². The van der Waals surface area contributed by atoms with Gasteiger partial charge in [-0.3, -0.25) is 0 Å². The largest absolute Gasteiger partial charge is 0.383 e. The van der Waals surface area contributed by atoms with Crippen LogP contribution < -0.4 is 5.32 Å². The van der Waals surface area contributed by atoms with Gasteiger partial charge in [-0.25, -0.2) is 12.8 Å². The van der Waals surface area contributed by atoms with Crippen LogP contribution >= 0.6 is 11.6 Å². The van der Waals surface area contributed by atoms with Crippen LogP contribution in [0.5, 0.6) is 0 Å². The highest BCUT2D eigenvalue weighted by molar-refractivity contribution is 7.91. The number of hydrogen-bond donors (Lipinski definition) is 1. The van der Waals surface area contributed by atoms with E-state index in [9.17, 15) is 12.8 Å². The average Bonchev–Trinajstić information content (AvgIpc) is 2.27. The highest BCUT2D eigenvalue weighted by atomic mass is 35.5. The first-order valence-corrected chi connectivity index (χ1v) is 7.54. The average molecular weight is 280 g/mol. The minimum Gasteiger partial charge on any atom is -0.383 e. The predicted molar refractivity (Wildman–Crippen MR) is 68.8 cm³/mol. The molecule has 17 heavy (non-hydrogen) atoms. The molecule has 0 spiro atoms. The fraction of sp³-hybridized carbons (Fsp3) is 0.455. The Labute approximate surface area is 106 Å². The summed E-state index contributed by atoms with van der Waals surface area (Å²) in [5.41, 5.74) is 0.336. The number of nitrogens with one attached hydrogen (secondary N) is 1. The molecular formula is C11H15ClFNO2S. The van der Waals surface area contributed by atoms with Crippen LogP contribution in [0.4, 0.5) is 10.1 Å². The monoisotopic (exact) mass is 279 g/mol. The molecule has 0 atom stereocenters. The summed E-state index contributed by atoms with van der Waals surface area (Å²) >= 11 is 5.61. The SMILES string of the molecule is CCS(=O)(=O)CCCNc1ccc(Cl)cc1F. The summed E-state index contributed by atoms with van der Waals surface area (Å²) in [6, 6.07) is 4.33. The molecule has 96 valence electrons. The first-order chi connectivity index (χ1) is 7.94. The van der Waals surface area contributed by atoms with Gasteiger partial charge in [-0.05, 0) is 24.6 Å². The molecule has 0 unspecified atom stereocenters.